The molecule has 0 bridgehead atoms. The van der Waals surface area contributed by atoms with Gasteiger partial charge in [0.2, 0.25) is 0 Å². The van der Waals surface area contributed by atoms with Gasteiger partial charge in [-0.3, -0.25) is 9.69 Å². The molecule has 0 saturated heterocycles. The van der Waals surface area contributed by atoms with E-state index in [9.17, 15) is 4.79 Å². The number of anilines is 1. The van der Waals surface area contributed by atoms with Gasteiger partial charge >= 0.3 is 0 Å². The van der Waals surface area contributed by atoms with E-state index in [4.69, 9.17) is 0 Å². The van der Waals surface area contributed by atoms with Gasteiger partial charge in [0, 0.05) is 12.6 Å². The number of thiazole rings is 1. The van der Waals surface area contributed by atoms with Crippen LogP contribution in [-0.4, -0.2) is 17.9 Å². The van der Waals surface area contributed by atoms with Crippen LogP contribution in [0.5, 0.6) is 0 Å². The lowest BCUT2D eigenvalue weighted by Crippen LogP contribution is -2.25. The molecule has 0 spiro atoms. The van der Waals surface area contributed by atoms with Gasteiger partial charge in [0.25, 0.3) is 5.91 Å². The summed E-state index contributed by atoms with van der Waals surface area (Å²) in [6.07, 6.45) is 0. The molecule has 23 heavy (non-hydrogen) atoms. The summed E-state index contributed by atoms with van der Waals surface area (Å²) in [4.78, 5) is 18.9. The van der Waals surface area contributed by atoms with Crippen LogP contribution in [0.25, 0.3) is 21.0 Å². The molecule has 1 amide bonds. The maximum atomic E-state index is 12.8. The summed E-state index contributed by atoms with van der Waals surface area (Å²) in [5.74, 6) is -0.0465. The molecule has 3 aromatic carbocycles. The second-order valence-electron chi connectivity index (χ2n) is 5.39. The Balaban J connectivity index is 1.71. The van der Waals surface area contributed by atoms with E-state index in [0.29, 0.717) is 10.7 Å². The van der Waals surface area contributed by atoms with Crippen molar-refractivity contribution in [2.24, 2.45) is 0 Å². The van der Waals surface area contributed by atoms with Gasteiger partial charge in [-0.25, -0.2) is 4.98 Å². The van der Waals surface area contributed by atoms with Crippen molar-refractivity contribution in [2.45, 2.75) is 0 Å². The highest BCUT2D eigenvalue weighted by Crippen LogP contribution is 2.29. The van der Waals surface area contributed by atoms with Crippen molar-refractivity contribution in [2.75, 3.05) is 11.9 Å². The van der Waals surface area contributed by atoms with Gasteiger partial charge in [-0.05, 0) is 35.0 Å². The van der Waals surface area contributed by atoms with E-state index >= 15 is 0 Å². The Morgan fingerprint density at radius 1 is 0.957 bits per heavy atom. The molecule has 1 aromatic heterocycles. The minimum Gasteiger partial charge on any atom is -0.287 e. The van der Waals surface area contributed by atoms with Crippen molar-refractivity contribution in [1.82, 2.24) is 4.98 Å². The molecule has 0 unspecified atom stereocenters. The van der Waals surface area contributed by atoms with E-state index in [-0.39, 0.29) is 5.91 Å². The van der Waals surface area contributed by atoms with Crippen molar-refractivity contribution in [3.63, 3.8) is 0 Å². The number of hydrogen-bond donors (Lipinski definition) is 0. The van der Waals surface area contributed by atoms with Crippen molar-refractivity contribution >= 4 is 43.4 Å². The third kappa shape index (κ3) is 2.47. The van der Waals surface area contributed by atoms with E-state index in [1.807, 2.05) is 66.7 Å². The monoisotopic (exact) mass is 318 g/mol. The first-order valence-corrected chi connectivity index (χ1v) is 8.16. The summed E-state index contributed by atoms with van der Waals surface area (Å²) in [6.45, 7) is 0. The minimum atomic E-state index is -0.0465. The lowest BCUT2D eigenvalue weighted by atomic mass is 10.1. The van der Waals surface area contributed by atoms with E-state index in [2.05, 4.69) is 4.98 Å². The number of amides is 1. The fourth-order valence-electron chi connectivity index (χ4n) is 2.61. The van der Waals surface area contributed by atoms with Crippen LogP contribution < -0.4 is 4.90 Å². The van der Waals surface area contributed by atoms with E-state index in [1.165, 1.54) is 11.3 Å². The van der Waals surface area contributed by atoms with E-state index < -0.39 is 0 Å². The zero-order chi connectivity index (χ0) is 15.8. The van der Waals surface area contributed by atoms with Crippen LogP contribution in [0.4, 0.5) is 5.13 Å². The first kappa shape index (κ1) is 13.9. The predicted molar refractivity (Wildman–Crippen MR) is 96.3 cm³/mol. The van der Waals surface area contributed by atoms with Gasteiger partial charge in [0.15, 0.2) is 5.13 Å². The SMILES string of the molecule is CN(C(=O)c1ccc2ccccc2c1)c1nc2ccccc2s1. The fourth-order valence-corrected chi connectivity index (χ4v) is 3.53. The van der Waals surface area contributed by atoms with Crippen molar-refractivity contribution in [1.29, 1.82) is 0 Å². The summed E-state index contributed by atoms with van der Waals surface area (Å²) in [5.41, 5.74) is 1.59. The molecule has 0 aliphatic heterocycles. The molecule has 0 atom stereocenters. The number of hydrogen-bond acceptors (Lipinski definition) is 3. The molecule has 0 saturated carbocycles. The quantitative estimate of drug-likeness (QED) is 0.535. The Hall–Kier alpha value is -2.72. The summed E-state index contributed by atoms with van der Waals surface area (Å²) in [6, 6.07) is 21.7. The third-order valence-electron chi connectivity index (χ3n) is 3.87. The molecular weight excluding hydrogens is 304 g/mol. The number of carbonyl (C=O) groups excluding carboxylic acids is 1. The molecule has 1 heterocycles. The molecule has 0 aliphatic carbocycles. The van der Waals surface area contributed by atoms with Crippen molar-refractivity contribution < 1.29 is 4.79 Å². The highest BCUT2D eigenvalue weighted by atomic mass is 32.1. The molecular formula is C19H14N2OS. The number of aromatic nitrogens is 1. The van der Waals surface area contributed by atoms with Gasteiger partial charge in [-0.2, -0.15) is 0 Å². The normalized spacial score (nSPS) is 11.0. The molecule has 3 nitrogen and oxygen atoms in total. The van der Waals surface area contributed by atoms with Gasteiger partial charge in [0.05, 0.1) is 10.2 Å². The summed E-state index contributed by atoms with van der Waals surface area (Å²) in [7, 11) is 1.77. The van der Waals surface area contributed by atoms with Crippen molar-refractivity contribution in [3.05, 3.63) is 72.3 Å². The Morgan fingerprint density at radius 3 is 2.52 bits per heavy atom. The van der Waals surface area contributed by atoms with Gasteiger partial charge in [0.1, 0.15) is 0 Å². The maximum absolute atomic E-state index is 12.8. The highest BCUT2D eigenvalue weighted by Gasteiger charge is 2.17. The van der Waals surface area contributed by atoms with Crippen LogP contribution >= 0.6 is 11.3 Å². The summed E-state index contributed by atoms with van der Waals surface area (Å²) in [5, 5.41) is 2.91. The first-order chi connectivity index (χ1) is 11.2. The fraction of sp³-hybridized carbons (Fsp3) is 0.0526. The number of fused-ring (bicyclic) bond motifs is 2. The Kier molecular flexibility index (Phi) is 3.32. The molecule has 112 valence electrons. The number of nitrogens with zero attached hydrogens (tertiary/aromatic N) is 2. The Labute approximate surface area is 137 Å². The first-order valence-electron chi connectivity index (χ1n) is 7.35. The second kappa shape index (κ2) is 5.48. The van der Waals surface area contributed by atoms with Gasteiger partial charge in [-0.15, -0.1) is 0 Å². The zero-order valence-electron chi connectivity index (χ0n) is 12.6. The highest BCUT2D eigenvalue weighted by molar-refractivity contribution is 7.22. The lowest BCUT2D eigenvalue weighted by molar-refractivity contribution is 0.0993. The van der Waals surface area contributed by atoms with Crippen LogP contribution in [0.2, 0.25) is 0 Å². The van der Waals surface area contributed by atoms with Gasteiger partial charge in [-0.1, -0.05) is 53.8 Å². The largest absolute Gasteiger partial charge is 0.287 e. The number of carbonyl (C=O) groups is 1. The van der Waals surface area contributed by atoms with Crippen LogP contribution in [0.3, 0.4) is 0 Å². The molecule has 4 rings (SSSR count). The Morgan fingerprint density at radius 2 is 1.70 bits per heavy atom. The van der Waals surface area contributed by atoms with Crippen LogP contribution in [0, 0.1) is 0 Å². The smallest absolute Gasteiger partial charge is 0.259 e. The molecule has 0 N–H and O–H groups in total. The molecule has 4 aromatic rings. The van der Waals surface area contributed by atoms with Crippen molar-refractivity contribution in [3.8, 4) is 0 Å². The minimum absolute atomic E-state index is 0.0465. The molecule has 0 fully saturated rings. The maximum Gasteiger partial charge on any atom is 0.259 e. The lowest BCUT2D eigenvalue weighted by Gasteiger charge is -2.14. The van der Waals surface area contributed by atoms with Crippen LogP contribution in [-0.2, 0) is 0 Å². The second-order valence-corrected chi connectivity index (χ2v) is 6.40. The average molecular weight is 318 g/mol. The zero-order valence-corrected chi connectivity index (χ0v) is 13.4. The predicted octanol–water partition coefficient (Wildman–Crippen LogP) is 4.73. The standard InChI is InChI=1S/C19H14N2OS/c1-21(19-20-16-8-4-5-9-17(16)23-19)18(22)15-11-10-13-6-2-3-7-14(13)12-15/h2-12H,1H3. The van der Waals surface area contributed by atoms with Crippen LogP contribution in [0.1, 0.15) is 10.4 Å². The van der Waals surface area contributed by atoms with E-state index in [1.54, 1.807) is 11.9 Å². The summed E-state index contributed by atoms with van der Waals surface area (Å²) >= 11 is 1.53. The van der Waals surface area contributed by atoms with E-state index in [0.717, 1.165) is 21.0 Å². The average Bonchev–Trinajstić information content (AvgIpc) is 3.04. The molecule has 4 heteroatoms. The molecule has 0 aliphatic rings. The van der Waals surface area contributed by atoms with Crippen LogP contribution in [0.15, 0.2) is 66.7 Å². The topological polar surface area (TPSA) is 33.2 Å². The summed E-state index contributed by atoms with van der Waals surface area (Å²) < 4.78 is 1.08. The number of rotatable bonds is 2. The third-order valence-corrected chi connectivity index (χ3v) is 4.98. The molecule has 0 radical (unpaired) electrons. The number of para-hydroxylation sites is 1. The van der Waals surface area contributed by atoms with Gasteiger partial charge < -0.3 is 0 Å². The number of benzene rings is 3. The Bertz CT molecular complexity index is 989.